The van der Waals surface area contributed by atoms with Crippen LogP contribution in [-0.4, -0.2) is 35.1 Å². The lowest BCUT2D eigenvalue weighted by molar-refractivity contribution is 0.299. The van der Waals surface area contributed by atoms with E-state index in [4.69, 9.17) is 0 Å². The standard InChI is InChI=1S/C24H25O3/c25-15-12-18-6-1-3-9-21(18)23-11-5-8-20(14-17-27)24(23)22-10-4-2-7-19(22)13-16-26/h1-7,9-11,25-27H,12-17H2. The molecule has 0 spiro atoms. The quantitative estimate of drug-likeness (QED) is 0.576. The Bertz CT molecular complexity index is 886. The molecule has 3 nitrogen and oxygen atoms in total. The molecule has 0 aliphatic rings. The van der Waals surface area contributed by atoms with E-state index in [0.29, 0.717) is 19.3 Å². The van der Waals surface area contributed by atoms with E-state index in [-0.39, 0.29) is 19.8 Å². The molecule has 3 N–H and O–H groups in total. The van der Waals surface area contributed by atoms with E-state index in [2.05, 4.69) is 18.2 Å². The van der Waals surface area contributed by atoms with Crippen molar-refractivity contribution < 1.29 is 15.3 Å². The smallest absolute Gasteiger partial charge is 0.0471 e. The second-order valence-corrected chi connectivity index (χ2v) is 6.48. The highest BCUT2D eigenvalue weighted by atomic mass is 16.3. The summed E-state index contributed by atoms with van der Waals surface area (Å²) >= 11 is 0. The third-order valence-corrected chi connectivity index (χ3v) is 4.80. The lowest BCUT2D eigenvalue weighted by Gasteiger charge is -2.19. The zero-order valence-electron chi connectivity index (χ0n) is 15.4. The minimum Gasteiger partial charge on any atom is -0.396 e. The normalized spacial score (nSPS) is 10.9. The number of aliphatic hydroxyl groups excluding tert-OH is 3. The second-order valence-electron chi connectivity index (χ2n) is 6.48. The summed E-state index contributed by atoms with van der Waals surface area (Å²) in [5.41, 5.74) is 7.35. The van der Waals surface area contributed by atoms with Gasteiger partial charge in [-0.05, 0) is 64.3 Å². The minimum atomic E-state index is 0.0490. The lowest BCUT2D eigenvalue weighted by atomic mass is 9.85. The fourth-order valence-electron chi connectivity index (χ4n) is 3.61. The number of aliphatic hydroxyl groups is 3. The summed E-state index contributed by atoms with van der Waals surface area (Å²) in [7, 11) is 0. The van der Waals surface area contributed by atoms with Gasteiger partial charge in [-0.3, -0.25) is 0 Å². The zero-order chi connectivity index (χ0) is 19.1. The van der Waals surface area contributed by atoms with Gasteiger partial charge in [0.1, 0.15) is 0 Å². The first-order chi connectivity index (χ1) is 13.3. The molecule has 0 saturated heterocycles. The van der Waals surface area contributed by atoms with E-state index in [1.807, 2.05) is 48.5 Å². The SMILES string of the molecule is OCCc1[c]ccc(-c2ccccc2CCO)c1-c1ccccc1CCO. The maximum Gasteiger partial charge on any atom is 0.0471 e. The van der Waals surface area contributed by atoms with Gasteiger partial charge in [-0.2, -0.15) is 0 Å². The molecule has 0 amide bonds. The van der Waals surface area contributed by atoms with Crippen LogP contribution in [0.25, 0.3) is 22.3 Å². The topological polar surface area (TPSA) is 60.7 Å². The molecule has 0 atom stereocenters. The Morgan fingerprint density at radius 1 is 0.593 bits per heavy atom. The van der Waals surface area contributed by atoms with E-state index in [1.165, 1.54) is 0 Å². The van der Waals surface area contributed by atoms with Gasteiger partial charge in [-0.25, -0.2) is 0 Å². The molecular weight excluding hydrogens is 336 g/mol. The van der Waals surface area contributed by atoms with Crippen molar-refractivity contribution >= 4 is 0 Å². The molecule has 3 heteroatoms. The fraction of sp³-hybridized carbons (Fsp3) is 0.250. The highest BCUT2D eigenvalue weighted by Crippen LogP contribution is 2.38. The molecule has 3 rings (SSSR count). The molecule has 0 aromatic heterocycles. The van der Waals surface area contributed by atoms with Crippen molar-refractivity contribution in [2.45, 2.75) is 19.3 Å². The summed E-state index contributed by atoms with van der Waals surface area (Å²) < 4.78 is 0. The van der Waals surface area contributed by atoms with Crippen molar-refractivity contribution in [1.82, 2.24) is 0 Å². The highest BCUT2D eigenvalue weighted by Gasteiger charge is 2.17. The van der Waals surface area contributed by atoms with Gasteiger partial charge in [0.2, 0.25) is 0 Å². The predicted octanol–water partition coefficient (Wildman–Crippen LogP) is 3.43. The lowest BCUT2D eigenvalue weighted by Crippen LogP contribution is -2.02. The Morgan fingerprint density at radius 2 is 1.15 bits per heavy atom. The van der Waals surface area contributed by atoms with Crippen LogP contribution < -0.4 is 0 Å². The Morgan fingerprint density at radius 3 is 1.78 bits per heavy atom. The molecule has 0 saturated carbocycles. The van der Waals surface area contributed by atoms with Gasteiger partial charge in [-0.15, -0.1) is 0 Å². The summed E-state index contributed by atoms with van der Waals surface area (Å²) in [6.45, 7) is 0.225. The van der Waals surface area contributed by atoms with E-state index >= 15 is 0 Å². The number of hydrogen-bond acceptors (Lipinski definition) is 3. The monoisotopic (exact) mass is 361 g/mol. The number of benzene rings is 3. The summed E-state index contributed by atoms with van der Waals surface area (Å²) in [4.78, 5) is 0. The third-order valence-electron chi connectivity index (χ3n) is 4.80. The molecule has 3 aromatic carbocycles. The highest BCUT2D eigenvalue weighted by molar-refractivity contribution is 5.88. The van der Waals surface area contributed by atoms with Crippen molar-refractivity contribution in [1.29, 1.82) is 0 Å². The molecule has 0 aliphatic heterocycles. The van der Waals surface area contributed by atoms with Crippen molar-refractivity contribution in [3.05, 3.63) is 83.4 Å². The fourth-order valence-corrected chi connectivity index (χ4v) is 3.61. The molecule has 0 heterocycles. The van der Waals surface area contributed by atoms with E-state index < -0.39 is 0 Å². The van der Waals surface area contributed by atoms with Crippen molar-refractivity contribution in [2.75, 3.05) is 19.8 Å². The van der Waals surface area contributed by atoms with Gasteiger partial charge in [-0.1, -0.05) is 60.7 Å². The molecule has 139 valence electrons. The molecular formula is C24H25O3. The Hall–Kier alpha value is -2.46. The van der Waals surface area contributed by atoms with Crippen LogP contribution in [0.2, 0.25) is 0 Å². The number of rotatable bonds is 8. The molecule has 27 heavy (non-hydrogen) atoms. The first-order valence-corrected chi connectivity index (χ1v) is 9.32. The minimum absolute atomic E-state index is 0.0490. The average molecular weight is 361 g/mol. The van der Waals surface area contributed by atoms with E-state index in [9.17, 15) is 15.3 Å². The first kappa shape index (κ1) is 19.3. The maximum absolute atomic E-state index is 9.57. The summed E-state index contributed by atoms with van der Waals surface area (Å²) in [6, 6.07) is 23.4. The van der Waals surface area contributed by atoms with Gasteiger partial charge < -0.3 is 15.3 Å². The van der Waals surface area contributed by atoms with Crippen LogP contribution >= 0.6 is 0 Å². The second kappa shape index (κ2) is 9.47. The van der Waals surface area contributed by atoms with E-state index in [0.717, 1.165) is 38.9 Å². The Labute approximate surface area is 160 Å². The van der Waals surface area contributed by atoms with Crippen LogP contribution in [0.4, 0.5) is 0 Å². The van der Waals surface area contributed by atoms with Gasteiger partial charge >= 0.3 is 0 Å². The largest absolute Gasteiger partial charge is 0.396 e. The summed E-state index contributed by atoms with van der Waals surface area (Å²) in [5.74, 6) is 0. The van der Waals surface area contributed by atoms with Gasteiger partial charge in [0, 0.05) is 19.8 Å². The van der Waals surface area contributed by atoms with Gasteiger partial charge in [0.15, 0.2) is 0 Å². The van der Waals surface area contributed by atoms with Crippen LogP contribution in [-0.2, 0) is 19.3 Å². The Balaban J connectivity index is 2.27. The summed E-state index contributed by atoms with van der Waals surface area (Å²) in [5, 5.41) is 28.5. The molecule has 1 radical (unpaired) electrons. The first-order valence-electron chi connectivity index (χ1n) is 9.32. The predicted molar refractivity (Wildman–Crippen MR) is 109 cm³/mol. The molecule has 0 fully saturated rings. The molecule has 0 bridgehead atoms. The zero-order valence-corrected chi connectivity index (χ0v) is 15.4. The van der Waals surface area contributed by atoms with E-state index in [1.54, 1.807) is 0 Å². The third kappa shape index (κ3) is 4.28. The molecule has 0 unspecified atom stereocenters. The van der Waals surface area contributed by atoms with Crippen molar-refractivity contribution in [2.24, 2.45) is 0 Å². The van der Waals surface area contributed by atoms with Crippen LogP contribution in [0.15, 0.2) is 60.7 Å². The van der Waals surface area contributed by atoms with Gasteiger partial charge in [0.05, 0.1) is 0 Å². The van der Waals surface area contributed by atoms with Crippen molar-refractivity contribution in [3.8, 4) is 22.3 Å². The van der Waals surface area contributed by atoms with Gasteiger partial charge in [0.25, 0.3) is 0 Å². The maximum atomic E-state index is 9.57. The molecule has 0 aliphatic carbocycles. The van der Waals surface area contributed by atoms with Crippen LogP contribution in [0, 0.1) is 6.07 Å². The van der Waals surface area contributed by atoms with Crippen LogP contribution in [0.3, 0.4) is 0 Å². The Kier molecular flexibility index (Phi) is 6.77. The summed E-state index contributed by atoms with van der Waals surface area (Å²) in [6.07, 6.45) is 1.67. The van der Waals surface area contributed by atoms with Crippen LogP contribution in [0.5, 0.6) is 0 Å². The molecule has 3 aromatic rings. The van der Waals surface area contributed by atoms with Crippen LogP contribution in [0.1, 0.15) is 16.7 Å². The van der Waals surface area contributed by atoms with Crippen molar-refractivity contribution in [3.63, 3.8) is 0 Å². The average Bonchev–Trinajstić information content (AvgIpc) is 2.70. The number of hydrogen-bond donors (Lipinski definition) is 3.